The molecule has 1 aliphatic heterocycles. The van der Waals surface area contributed by atoms with Crippen molar-refractivity contribution in [1.29, 1.82) is 0 Å². The van der Waals surface area contributed by atoms with E-state index >= 15 is 0 Å². The van der Waals surface area contributed by atoms with Gasteiger partial charge in [-0.05, 0) is 13.8 Å². The normalized spacial score (nSPS) is 27.0. The van der Waals surface area contributed by atoms with E-state index in [1.807, 2.05) is 34.6 Å². The van der Waals surface area contributed by atoms with Gasteiger partial charge in [-0.25, -0.2) is 4.79 Å². The van der Waals surface area contributed by atoms with Crippen molar-refractivity contribution in [3.05, 3.63) is 11.6 Å². The summed E-state index contributed by atoms with van der Waals surface area (Å²) in [5.41, 5.74) is -0.789. The molecule has 1 unspecified atom stereocenters. The second kappa shape index (κ2) is 5.33. The fraction of sp³-hybridized carbons (Fsp3) is 0.714. The monoisotopic (exact) mass is 270 g/mol. The van der Waals surface area contributed by atoms with Gasteiger partial charge < -0.3 is 14.6 Å². The van der Waals surface area contributed by atoms with Crippen LogP contribution in [-0.4, -0.2) is 28.9 Å². The van der Waals surface area contributed by atoms with Crippen LogP contribution in [0.15, 0.2) is 11.6 Å². The lowest BCUT2D eigenvalue weighted by atomic mass is 9.93. The van der Waals surface area contributed by atoms with E-state index in [0.29, 0.717) is 0 Å². The van der Waals surface area contributed by atoms with Gasteiger partial charge in [-0.2, -0.15) is 0 Å². The van der Waals surface area contributed by atoms with E-state index in [4.69, 9.17) is 14.6 Å². The van der Waals surface area contributed by atoms with E-state index in [-0.39, 0.29) is 18.3 Å². The van der Waals surface area contributed by atoms with E-state index < -0.39 is 23.8 Å². The van der Waals surface area contributed by atoms with E-state index in [2.05, 4.69) is 0 Å². The lowest BCUT2D eigenvalue weighted by Gasteiger charge is -2.27. The highest BCUT2D eigenvalue weighted by atomic mass is 16.8. The number of hydrogen-bond donors (Lipinski definition) is 1. The summed E-state index contributed by atoms with van der Waals surface area (Å²) >= 11 is 0. The number of cyclic esters (lactones) is 1. The molecule has 0 bridgehead atoms. The van der Waals surface area contributed by atoms with Crippen molar-refractivity contribution in [3.63, 3.8) is 0 Å². The van der Waals surface area contributed by atoms with Gasteiger partial charge in [0.2, 0.25) is 6.29 Å². The van der Waals surface area contributed by atoms with Crippen LogP contribution in [0.3, 0.4) is 0 Å². The summed E-state index contributed by atoms with van der Waals surface area (Å²) in [5.74, 6) is -1.67. The summed E-state index contributed by atoms with van der Waals surface area (Å²) in [7, 11) is 0. The van der Waals surface area contributed by atoms with Gasteiger partial charge in [0.05, 0.1) is 6.42 Å². The maximum atomic E-state index is 12.1. The predicted octanol–water partition coefficient (Wildman–Crippen LogP) is 2.50. The number of carbonyl (C=O) groups is 2. The number of esters is 1. The lowest BCUT2D eigenvalue weighted by Crippen LogP contribution is -2.39. The molecule has 5 nitrogen and oxygen atoms in total. The first kappa shape index (κ1) is 15.7. The van der Waals surface area contributed by atoms with Gasteiger partial charge in [-0.3, -0.25) is 4.79 Å². The van der Waals surface area contributed by atoms with Crippen LogP contribution in [0.2, 0.25) is 0 Å². The number of rotatable bonds is 4. The molecule has 5 heteroatoms. The molecule has 1 aliphatic rings. The van der Waals surface area contributed by atoms with Gasteiger partial charge in [0.25, 0.3) is 0 Å². The molecule has 1 fully saturated rings. The van der Waals surface area contributed by atoms with Crippen LogP contribution in [0.4, 0.5) is 0 Å². The van der Waals surface area contributed by atoms with Gasteiger partial charge in [0, 0.05) is 11.8 Å². The van der Waals surface area contributed by atoms with E-state index in [0.717, 1.165) is 5.57 Å². The number of carboxylic acid groups (broad SMARTS) is 1. The van der Waals surface area contributed by atoms with Crippen molar-refractivity contribution in [1.82, 2.24) is 0 Å². The third-order valence-corrected chi connectivity index (χ3v) is 2.90. The van der Waals surface area contributed by atoms with Crippen molar-refractivity contribution in [2.75, 3.05) is 0 Å². The van der Waals surface area contributed by atoms with Gasteiger partial charge in [0.1, 0.15) is 0 Å². The molecule has 0 spiro atoms. The molecule has 1 heterocycles. The van der Waals surface area contributed by atoms with Crippen LogP contribution in [0, 0.1) is 5.41 Å². The van der Waals surface area contributed by atoms with Crippen LogP contribution in [-0.2, 0) is 19.1 Å². The maximum Gasteiger partial charge on any atom is 0.341 e. The standard InChI is InChI=1S/C14H22O5/c1-9(2)6-7-14(8-10(15)16)11(17)18-12(19-14)13(3,4)5/h6,12H,7-8H2,1-5H3,(H,15,16)/t12-,14?/m0/s1. The molecule has 108 valence electrons. The Labute approximate surface area is 113 Å². The molecule has 0 aromatic carbocycles. The maximum absolute atomic E-state index is 12.1. The highest BCUT2D eigenvalue weighted by molar-refractivity contribution is 5.86. The van der Waals surface area contributed by atoms with Crippen LogP contribution in [0.5, 0.6) is 0 Å². The Kier molecular flexibility index (Phi) is 4.40. The van der Waals surface area contributed by atoms with Gasteiger partial charge in [-0.15, -0.1) is 0 Å². The summed E-state index contributed by atoms with van der Waals surface area (Å²) < 4.78 is 10.9. The lowest BCUT2D eigenvalue weighted by molar-refractivity contribution is -0.159. The number of aliphatic carboxylic acids is 1. The molecular weight excluding hydrogens is 248 g/mol. The molecule has 19 heavy (non-hydrogen) atoms. The molecule has 0 aliphatic carbocycles. The number of allylic oxidation sites excluding steroid dienone is 1. The highest BCUT2D eigenvalue weighted by Gasteiger charge is 2.54. The molecule has 0 saturated carbocycles. The molecule has 0 aromatic heterocycles. The van der Waals surface area contributed by atoms with E-state index in [9.17, 15) is 9.59 Å². The Morgan fingerprint density at radius 2 is 2.00 bits per heavy atom. The molecule has 0 aromatic rings. The summed E-state index contributed by atoms with van der Waals surface area (Å²) in [6.07, 6.45) is 0.912. The Hall–Kier alpha value is -1.36. The first-order chi connectivity index (χ1) is 8.57. The third-order valence-electron chi connectivity index (χ3n) is 2.90. The van der Waals surface area contributed by atoms with Crippen molar-refractivity contribution in [3.8, 4) is 0 Å². The van der Waals surface area contributed by atoms with Gasteiger partial charge >= 0.3 is 11.9 Å². The number of carboxylic acids is 1. The van der Waals surface area contributed by atoms with Gasteiger partial charge in [0.15, 0.2) is 5.60 Å². The topological polar surface area (TPSA) is 72.8 Å². The first-order valence-corrected chi connectivity index (χ1v) is 6.31. The van der Waals surface area contributed by atoms with Crippen LogP contribution < -0.4 is 0 Å². The summed E-state index contributed by atoms with van der Waals surface area (Å²) in [5, 5.41) is 9.00. The van der Waals surface area contributed by atoms with Crippen LogP contribution >= 0.6 is 0 Å². The Morgan fingerprint density at radius 3 is 2.37 bits per heavy atom. The highest BCUT2D eigenvalue weighted by Crippen LogP contribution is 2.39. The fourth-order valence-corrected chi connectivity index (χ4v) is 1.77. The Balaban J connectivity index is 3.01. The average molecular weight is 270 g/mol. The Morgan fingerprint density at radius 1 is 1.42 bits per heavy atom. The minimum absolute atomic E-state index is 0.215. The molecule has 1 saturated heterocycles. The summed E-state index contributed by atoms with van der Waals surface area (Å²) in [4.78, 5) is 23.1. The molecule has 1 N–H and O–H groups in total. The molecule has 1 rings (SSSR count). The predicted molar refractivity (Wildman–Crippen MR) is 69.5 cm³/mol. The molecule has 0 radical (unpaired) electrons. The minimum Gasteiger partial charge on any atom is -0.481 e. The number of carbonyl (C=O) groups excluding carboxylic acids is 1. The number of hydrogen-bond acceptors (Lipinski definition) is 4. The second-order valence-corrected chi connectivity index (χ2v) is 6.27. The zero-order chi connectivity index (χ0) is 14.8. The van der Waals surface area contributed by atoms with Crippen molar-refractivity contribution < 1.29 is 24.2 Å². The molecule has 2 atom stereocenters. The van der Waals surface area contributed by atoms with Crippen molar-refractivity contribution >= 4 is 11.9 Å². The molecule has 0 amide bonds. The third kappa shape index (κ3) is 3.80. The van der Waals surface area contributed by atoms with Gasteiger partial charge in [-0.1, -0.05) is 32.4 Å². The summed E-state index contributed by atoms with van der Waals surface area (Å²) in [6.45, 7) is 9.40. The average Bonchev–Trinajstić information content (AvgIpc) is 2.53. The van der Waals surface area contributed by atoms with E-state index in [1.165, 1.54) is 0 Å². The van der Waals surface area contributed by atoms with E-state index in [1.54, 1.807) is 6.08 Å². The van der Waals surface area contributed by atoms with Crippen LogP contribution in [0.25, 0.3) is 0 Å². The van der Waals surface area contributed by atoms with Crippen LogP contribution in [0.1, 0.15) is 47.5 Å². The number of ether oxygens (including phenoxy) is 2. The van der Waals surface area contributed by atoms with Crippen molar-refractivity contribution in [2.45, 2.75) is 59.4 Å². The largest absolute Gasteiger partial charge is 0.481 e. The zero-order valence-electron chi connectivity index (χ0n) is 12.1. The zero-order valence-corrected chi connectivity index (χ0v) is 12.1. The summed E-state index contributed by atoms with van der Waals surface area (Å²) in [6, 6.07) is 0. The minimum atomic E-state index is -1.40. The Bertz CT molecular complexity index is 401. The van der Waals surface area contributed by atoms with Crippen molar-refractivity contribution in [2.24, 2.45) is 5.41 Å². The first-order valence-electron chi connectivity index (χ1n) is 6.31. The second-order valence-electron chi connectivity index (χ2n) is 6.27. The quantitative estimate of drug-likeness (QED) is 0.627. The fourth-order valence-electron chi connectivity index (χ4n) is 1.77. The SMILES string of the molecule is CC(C)=CCC1(CC(=O)O)O[C@@H](C(C)(C)C)OC1=O. The molecular formula is C14H22O5. The smallest absolute Gasteiger partial charge is 0.341 e.